The molecule has 0 bridgehead atoms. The standard InChI is InChI=1S/C25H23N5O/c1-3-30-11-10-17-20(12-26)24(29)25(14-27,15-28)23(21(17)13-30)19-8-9-22(31-2)18-7-5-4-6-16(18)19/h4-10,20-21,23,29H,3,11,13H2,1-2H3/t20?,21-,23-/m0/s1. The molecule has 1 fully saturated rings. The van der Waals surface area contributed by atoms with Crippen molar-refractivity contribution in [2.45, 2.75) is 12.8 Å². The van der Waals surface area contributed by atoms with Crippen molar-refractivity contribution in [3.63, 3.8) is 0 Å². The number of nitrogens with one attached hydrogen (secondary N) is 1. The average Bonchev–Trinajstić information content (AvgIpc) is 2.82. The van der Waals surface area contributed by atoms with Crippen LogP contribution in [0.2, 0.25) is 0 Å². The lowest BCUT2D eigenvalue weighted by molar-refractivity contribution is 0.212. The molecule has 0 aromatic heterocycles. The summed E-state index contributed by atoms with van der Waals surface area (Å²) in [6, 6.07) is 18.1. The van der Waals surface area contributed by atoms with Gasteiger partial charge >= 0.3 is 0 Å². The first-order valence-electron chi connectivity index (χ1n) is 10.3. The molecule has 1 saturated carbocycles. The van der Waals surface area contributed by atoms with E-state index >= 15 is 0 Å². The Hall–Kier alpha value is -3.66. The molecule has 2 aromatic carbocycles. The van der Waals surface area contributed by atoms with Gasteiger partial charge in [0.05, 0.1) is 31.0 Å². The van der Waals surface area contributed by atoms with Crippen LogP contribution in [0, 0.1) is 56.7 Å². The van der Waals surface area contributed by atoms with Gasteiger partial charge in [-0.15, -0.1) is 0 Å². The van der Waals surface area contributed by atoms with Gasteiger partial charge < -0.3 is 10.1 Å². The van der Waals surface area contributed by atoms with Crippen molar-refractivity contribution in [2.24, 2.45) is 17.3 Å². The number of benzene rings is 2. The van der Waals surface area contributed by atoms with Crippen molar-refractivity contribution in [3.8, 4) is 24.0 Å². The van der Waals surface area contributed by atoms with Gasteiger partial charge in [0.25, 0.3) is 0 Å². The summed E-state index contributed by atoms with van der Waals surface area (Å²) in [4.78, 5) is 2.25. The van der Waals surface area contributed by atoms with Crippen LogP contribution in [0.4, 0.5) is 0 Å². The van der Waals surface area contributed by atoms with Crippen molar-refractivity contribution in [3.05, 3.63) is 53.6 Å². The van der Waals surface area contributed by atoms with E-state index < -0.39 is 17.3 Å². The zero-order chi connectivity index (χ0) is 22.2. The minimum atomic E-state index is -1.71. The maximum Gasteiger partial charge on any atom is 0.189 e. The first kappa shape index (κ1) is 20.6. The Morgan fingerprint density at radius 3 is 2.45 bits per heavy atom. The van der Waals surface area contributed by atoms with Crippen LogP contribution in [-0.2, 0) is 0 Å². The summed E-state index contributed by atoms with van der Waals surface area (Å²) < 4.78 is 5.54. The lowest BCUT2D eigenvalue weighted by Crippen LogP contribution is -2.52. The number of hydrogen-bond acceptors (Lipinski definition) is 6. The molecule has 31 heavy (non-hydrogen) atoms. The van der Waals surface area contributed by atoms with Crippen LogP contribution in [0.3, 0.4) is 0 Å². The number of likely N-dealkylation sites (N-methyl/N-ethyl adjacent to an activating group) is 1. The molecule has 6 heteroatoms. The highest BCUT2D eigenvalue weighted by Crippen LogP contribution is 2.54. The fourth-order valence-electron chi connectivity index (χ4n) is 5.21. The minimum absolute atomic E-state index is 0.114. The van der Waals surface area contributed by atoms with Gasteiger partial charge in [0.1, 0.15) is 11.7 Å². The first-order valence-corrected chi connectivity index (χ1v) is 10.3. The molecular weight excluding hydrogens is 386 g/mol. The van der Waals surface area contributed by atoms with Crippen LogP contribution in [0.1, 0.15) is 18.4 Å². The highest BCUT2D eigenvalue weighted by molar-refractivity contribution is 6.02. The Balaban J connectivity index is 2.04. The highest BCUT2D eigenvalue weighted by atomic mass is 16.5. The van der Waals surface area contributed by atoms with Crippen molar-refractivity contribution >= 4 is 16.5 Å². The SMILES string of the molecule is CCN1CC=C2C(C#N)C(=N)C(C#N)(C#N)[C@@H](c3ccc(OC)c4ccccc34)[C@H]2C1. The van der Waals surface area contributed by atoms with E-state index in [0.29, 0.717) is 18.8 Å². The summed E-state index contributed by atoms with van der Waals surface area (Å²) in [6.07, 6.45) is 2.03. The van der Waals surface area contributed by atoms with Crippen molar-refractivity contribution in [1.82, 2.24) is 4.90 Å². The quantitative estimate of drug-likeness (QED) is 0.771. The van der Waals surface area contributed by atoms with E-state index in [9.17, 15) is 15.8 Å². The number of nitrogens with zero attached hydrogens (tertiary/aromatic N) is 4. The minimum Gasteiger partial charge on any atom is -0.496 e. The molecule has 4 rings (SSSR count). The molecule has 0 spiro atoms. The van der Waals surface area contributed by atoms with Gasteiger partial charge in [-0.2, -0.15) is 15.8 Å². The molecule has 154 valence electrons. The molecule has 0 amide bonds. The van der Waals surface area contributed by atoms with Crippen LogP contribution in [0.25, 0.3) is 10.8 Å². The molecule has 0 saturated heterocycles. The number of fused-ring (bicyclic) bond motifs is 2. The number of hydrogen-bond donors (Lipinski definition) is 1. The average molecular weight is 409 g/mol. The van der Waals surface area contributed by atoms with Gasteiger partial charge in [-0.25, -0.2) is 0 Å². The lowest BCUT2D eigenvalue weighted by Gasteiger charge is -2.48. The Morgan fingerprint density at radius 1 is 1.13 bits per heavy atom. The molecule has 1 aliphatic heterocycles. The highest BCUT2D eigenvalue weighted by Gasteiger charge is 2.58. The first-order chi connectivity index (χ1) is 15.1. The molecule has 1 heterocycles. The van der Waals surface area contributed by atoms with Crippen molar-refractivity contribution in [2.75, 3.05) is 26.7 Å². The van der Waals surface area contributed by atoms with Gasteiger partial charge in [0.2, 0.25) is 0 Å². The van der Waals surface area contributed by atoms with E-state index in [1.54, 1.807) is 7.11 Å². The second-order valence-corrected chi connectivity index (χ2v) is 8.05. The number of ether oxygens (including phenoxy) is 1. The largest absolute Gasteiger partial charge is 0.496 e. The Labute approximate surface area is 182 Å². The lowest BCUT2D eigenvalue weighted by atomic mass is 9.54. The van der Waals surface area contributed by atoms with E-state index in [1.165, 1.54) is 0 Å². The maximum absolute atomic E-state index is 10.3. The summed E-state index contributed by atoms with van der Waals surface area (Å²) in [5, 5.41) is 41.0. The summed E-state index contributed by atoms with van der Waals surface area (Å²) in [5.74, 6) is -0.891. The molecule has 6 nitrogen and oxygen atoms in total. The zero-order valence-corrected chi connectivity index (χ0v) is 17.6. The number of nitriles is 3. The van der Waals surface area contributed by atoms with E-state index in [0.717, 1.165) is 28.5 Å². The third-order valence-corrected chi connectivity index (χ3v) is 6.79. The van der Waals surface area contributed by atoms with Crippen LogP contribution < -0.4 is 4.74 Å². The molecule has 1 unspecified atom stereocenters. The van der Waals surface area contributed by atoms with Gasteiger partial charge in [0.15, 0.2) is 5.41 Å². The Morgan fingerprint density at radius 2 is 1.84 bits per heavy atom. The van der Waals surface area contributed by atoms with Crippen molar-refractivity contribution in [1.29, 1.82) is 21.2 Å². The van der Waals surface area contributed by atoms with Crippen LogP contribution in [0.15, 0.2) is 48.0 Å². The Bertz CT molecular complexity index is 1200. The van der Waals surface area contributed by atoms with Gasteiger partial charge in [-0.05, 0) is 29.1 Å². The molecule has 3 atom stereocenters. The second-order valence-electron chi connectivity index (χ2n) is 8.05. The summed E-state index contributed by atoms with van der Waals surface area (Å²) in [7, 11) is 1.62. The summed E-state index contributed by atoms with van der Waals surface area (Å²) in [6.45, 7) is 4.25. The van der Waals surface area contributed by atoms with Crippen LogP contribution >= 0.6 is 0 Å². The number of rotatable bonds is 3. The molecule has 1 N–H and O–H groups in total. The predicted octanol–water partition coefficient (Wildman–Crippen LogP) is 4.02. The van der Waals surface area contributed by atoms with Crippen LogP contribution in [0.5, 0.6) is 5.75 Å². The molecule has 1 aliphatic carbocycles. The van der Waals surface area contributed by atoms with Gasteiger partial charge in [-0.3, -0.25) is 4.90 Å². The van der Waals surface area contributed by atoms with Crippen LogP contribution in [-0.4, -0.2) is 37.4 Å². The van der Waals surface area contributed by atoms with Gasteiger partial charge in [0, 0.05) is 30.3 Å². The van der Waals surface area contributed by atoms with E-state index in [2.05, 4.69) is 30.0 Å². The predicted molar refractivity (Wildman–Crippen MR) is 117 cm³/mol. The topological polar surface area (TPSA) is 108 Å². The summed E-state index contributed by atoms with van der Waals surface area (Å²) in [5.41, 5.74) is -0.119. The molecular formula is C25H23N5O. The maximum atomic E-state index is 10.3. The zero-order valence-electron chi connectivity index (χ0n) is 17.6. The molecule has 2 aliphatic rings. The normalized spacial score (nSPS) is 24.9. The Kier molecular flexibility index (Phi) is 5.24. The summed E-state index contributed by atoms with van der Waals surface area (Å²) >= 11 is 0. The van der Waals surface area contributed by atoms with E-state index in [4.69, 9.17) is 10.1 Å². The number of methoxy groups -OCH3 is 1. The molecule has 2 aromatic rings. The third kappa shape index (κ3) is 2.90. The van der Waals surface area contributed by atoms with E-state index in [1.807, 2.05) is 42.5 Å². The van der Waals surface area contributed by atoms with Crippen molar-refractivity contribution < 1.29 is 4.74 Å². The second kappa shape index (κ2) is 7.88. The fraction of sp³-hybridized carbons (Fsp3) is 0.360. The smallest absolute Gasteiger partial charge is 0.189 e. The van der Waals surface area contributed by atoms with E-state index in [-0.39, 0.29) is 11.6 Å². The monoisotopic (exact) mass is 409 g/mol. The third-order valence-electron chi connectivity index (χ3n) is 6.79. The fourth-order valence-corrected chi connectivity index (χ4v) is 5.21. The molecule has 0 radical (unpaired) electrons. The van der Waals surface area contributed by atoms with Gasteiger partial charge in [-0.1, -0.05) is 43.3 Å².